The van der Waals surface area contributed by atoms with Crippen LogP contribution in [0.5, 0.6) is 0 Å². The van der Waals surface area contributed by atoms with Gasteiger partial charge in [-0.1, -0.05) is 27.2 Å². The van der Waals surface area contributed by atoms with E-state index in [0.717, 1.165) is 19.3 Å². The SMILES string of the molecule is CC1(C)CCC(CC(C#N)NC(=O)C2C3CCCC3CN2C(=O)C(NC(=O)C(F)(F)F)C(C)(C)C)C(=O)N1. The second kappa shape index (κ2) is 10.7. The first-order valence-electron chi connectivity index (χ1n) is 13.1. The molecule has 3 fully saturated rings. The Balaban J connectivity index is 1.79. The van der Waals surface area contributed by atoms with Crippen molar-refractivity contribution in [2.24, 2.45) is 23.2 Å². The molecule has 4 amide bonds. The third-order valence-corrected chi connectivity index (χ3v) is 8.03. The smallest absolute Gasteiger partial charge is 0.351 e. The quantitative estimate of drug-likeness (QED) is 0.475. The second-order valence-corrected chi connectivity index (χ2v) is 12.6. The van der Waals surface area contributed by atoms with E-state index in [4.69, 9.17) is 0 Å². The molecule has 0 spiro atoms. The van der Waals surface area contributed by atoms with Crippen LogP contribution in [0.1, 0.15) is 73.1 Å². The molecule has 3 aliphatic rings. The zero-order valence-electron chi connectivity index (χ0n) is 22.6. The Morgan fingerprint density at radius 1 is 1.16 bits per heavy atom. The standard InChI is InChI=1S/C26H38F3N5O4/c1-24(2,3)19(32-23(38)26(27,28)29)22(37)34-13-15-7-6-8-17(15)18(34)21(36)31-16(12-30)11-14-9-10-25(4,5)33-20(14)35/h14-19H,6-11,13H2,1-5H3,(H,31,36)(H,32,38)(H,33,35). The van der Waals surface area contributed by atoms with E-state index in [1.807, 2.05) is 25.2 Å². The van der Waals surface area contributed by atoms with Gasteiger partial charge in [-0.2, -0.15) is 18.4 Å². The number of hydrogen-bond acceptors (Lipinski definition) is 5. The summed E-state index contributed by atoms with van der Waals surface area (Å²) in [5.74, 6) is -4.37. The van der Waals surface area contributed by atoms with Crippen molar-refractivity contribution in [3.63, 3.8) is 0 Å². The molecule has 38 heavy (non-hydrogen) atoms. The first-order valence-corrected chi connectivity index (χ1v) is 13.1. The van der Waals surface area contributed by atoms with Crippen molar-refractivity contribution in [2.75, 3.05) is 6.54 Å². The maximum Gasteiger partial charge on any atom is 0.471 e. The van der Waals surface area contributed by atoms with Crippen molar-refractivity contribution in [1.29, 1.82) is 5.26 Å². The van der Waals surface area contributed by atoms with Crippen molar-refractivity contribution in [3.8, 4) is 6.07 Å². The Morgan fingerprint density at radius 3 is 2.37 bits per heavy atom. The fourth-order valence-corrected chi connectivity index (χ4v) is 5.97. The maximum atomic E-state index is 13.6. The van der Waals surface area contributed by atoms with Gasteiger partial charge in [-0.05, 0) is 63.2 Å². The number of hydrogen-bond donors (Lipinski definition) is 3. The molecular formula is C26H38F3N5O4. The molecule has 12 heteroatoms. The lowest BCUT2D eigenvalue weighted by Gasteiger charge is -2.37. The van der Waals surface area contributed by atoms with Gasteiger partial charge >= 0.3 is 12.1 Å². The number of halogens is 3. The Labute approximate surface area is 221 Å². The Hall–Kier alpha value is -2.84. The summed E-state index contributed by atoms with van der Waals surface area (Å²) < 4.78 is 39.0. The van der Waals surface area contributed by atoms with E-state index in [1.54, 1.807) is 20.8 Å². The molecule has 1 saturated carbocycles. The van der Waals surface area contributed by atoms with Crippen LogP contribution in [0.15, 0.2) is 0 Å². The number of piperidine rings is 1. The number of amides is 4. The minimum absolute atomic E-state index is 0.000486. The van der Waals surface area contributed by atoms with Gasteiger partial charge < -0.3 is 20.9 Å². The molecule has 212 valence electrons. The fourth-order valence-electron chi connectivity index (χ4n) is 5.97. The minimum atomic E-state index is -5.16. The summed E-state index contributed by atoms with van der Waals surface area (Å²) in [5.41, 5.74) is -1.40. The monoisotopic (exact) mass is 541 g/mol. The van der Waals surface area contributed by atoms with E-state index >= 15 is 0 Å². The molecule has 2 heterocycles. The van der Waals surface area contributed by atoms with E-state index in [9.17, 15) is 37.6 Å². The highest BCUT2D eigenvalue weighted by atomic mass is 19.4. The average molecular weight is 542 g/mol. The predicted molar refractivity (Wildman–Crippen MR) is 131 cm³/mol. The van der Waals surface area contributed by atoms with Crippen molar-refractivity contribution in [2.45, 2.75) is 103 Å². The summed E-state index contributed by atoms with van der Waals surface area (Å²) in [7, 11) is 0. The number of carbonyl (C=O) groups excluding carboxylic acids is 4. The largest absolute Gasteiger partial charge is 0.471 e. The minimum Gasteiger partial charge on any atom is -0.351 e. The molecule has 6 unspecified atom stereocenters. The van der Waals surface area contributed by atoms with Crippen LogP contribution in [-0.2, 0) is 19.2 Å². The molecule has 0 aromatic rings. The molecule has 2 saturated heterocycles. The van der Waals surface area contributed by atoms with Gasteiger partial charge in [-0.15, -0.1) is 0 Å². The van der Waals surface area contributed by atoms with Gasteiger partial charge in [0.1, 0.15) is 18.1 Å². The molecule has 3 rings (SSSR count). The topological polar surface area (TPSA) is 131 Å². The van der Waals surface area contributed by atoms with Crippen LogP contribution in [0.25, 0.3) is 0 Å². The molecule has 1 aliphatic carbocycles. The average Bonchev–Trinajstić information content (AvgIpc) is 3.37. The lowest BCUT2D eigenvalue weighted by molar-refractivity contribution is -0.176. The number of nitrogens with zero attached hydrogens (tertiary/aromatic N) is 2. The van der Waals surface area contributed by atoms with Crippen LogP contribution in [-0.4, -0.2) is 64.9 Å². The Morgan fingerprint density at radius 2 is 1.82 bits per heavy atom. The molecule has 6 atom stereocenters. The number of carbonyl (C=O) groups is 4. The van der Waals surface area contributed by atoms with Gasteiger partial charge in [0.25, 0.3) is 0 Å². The van der Waals surface area contributed by atoms with E-state index in [0.29, 0.717) is 12.8 Å². The van der Waals surface area contributed by atoms with E-state index in [-0.39, 0.29) is 36.2 Å². The number of rotatable bonds is 6. The highest BCUT2D eigenvalue weighted by Crippen LogP contribution is 2.43. The van der Waals surface area contributed by atoms with Gasteiger partial charge in [-0.25, -0.2) is 0 Å². The third kappa shape index (κ3) is 6.59. The van der Waals surface area contributed by atoms with Crippen molar-refractivity contribution in [3.05, 3.63) is 0 Å². The van der Waals surface area contributed by atoms with Crippen LogP contribution in [0, 0.1) is 34.5 Å². The summed E-state index contributed by atoms with van der Waals surface area (Å²) in [6.45, 7) is 8.64. The van der Waals surface area contributed by atoms with Crippen LogP contribution in [0.2, 0.25) is 0 Å². The first kappa shape index (κ1) is 29.7. The normalized spacial score (nSPS) is 28.5. The fraction of sp³-hybridized carbons (Fsp3) is 0.808. The highest BCUT2D eigenvalue weighted by molar-refractivity contribution is 5.94. The van der Waals surface area contributed by atoms with Gasteiger partial charge in [0, 0.05) is 18.0 Å². The predicted octanol–water partition coefficient (Wildman–Crippen LogP) is 2.41. The molecule has 0 aromatic heterocycles. The number of nitriles is 1. The van der Waals surface area contributed by atoms with Gasteiger partial charge in [0.05, 0.1) is 6.07 Å². The van der Waals surface area contributed by atoms with Crippen LogP contribution < -0.4 is 16.0 Å². The lowest BCUT2D eigenvalue weighted by atomic mass is 9.83. The number of nitrogens with one attached hydrogen (secondary N) is 3. The molecule has 9 nitrogen and oxygen atoms in total. The number of fused-ring (bicyclic) bond motifs is 1. The van der Waals surface area contributed by atoms with Crippen molar-refractivity contribution < 1.29 is 32.3 Å². The summed E-state index contributed by atoms with van der Waals surface area (Å²) in [6, 6.07) is -1.41. The molecule has 2 aliphatic heterocycles. The number of likely N-dealkylation sites (tertiary alicyclic amines) is 1. The Bertz CT molecular complexity index is 1000. The first-order chi connectivity index (χ1) is 17.4. The maximum absolute atomic E-state index is 13.6. The summed E-state index contributed by atoms with van der Waals surface area (Å²) in [6.07, 6.45) is -1.46. The second-order valence-electron chi connectivity index (χ2n) is 12.6. The van der Waals surface area contributed by atoms with E-state index in [2.05, 4.69) is 10.6 Å². The van der Waals surface area contributed by atoms with Crippen molar-refractivity contribution >= 4 is 23.6 Å². The van der Waals surface area contributed by atoms with Crippen LogP contribution >= 0.6 is 0 Å². The zero-order chi connectivity index (χ0) is 28.6. The summed E-state index contributed by atoms with van der Waals surface area (Å²) in [4.78, 5) is 52.7. The zero-order valence-corrected chi connectivity index (χ0v) is 22.6. The van der Waals surface area contributed by atoms with Gasteiger partial charge in [-0.3, -0.25) is 19.2 Å². The summed E-state index contributed by atoms with van der Waals surface area (Å²) in [5, 5.41) is 17.2. The third-order valence-electron chi connectivity index (χ3n) is 8.03. The summed E-state index contributed by atoms with van der Waals surface area (Å²) >= 11 is 0. The van der Waals surface area contributed by atoms with Gasteiger partial charge in [0.2, 0.25) is 17.7 Å². The molecular weight excluding hydrogens is 503 g/mol. The van der Waals surface area contributed by atoms with E-state index < -0.39 is 53.4 Å². The van der Waals surface area contributed by atoms with Crippen molar-refractivity contribution in [1.82, 2.24) is 20.9 Å². The number of alkyl halides is 3. The molecule has 0 bridgehead atoms. The van der Waals surface area contributed by atoms with Gasteiger partial charge in [0.15, 0.2) is 0 Å². The van der Waals surface area contributed by atoms with E-state index in [1.165, 1.54) is 4.90 Å². The molecule has 0 radical (unpaired) electrons. The van der Waals surface area contributed by atoms with Crippen LogP contribution in [0.3, 0.4) is 0 Å². The molecule has 3 N–H and O–H groups in total. The molecule has 0 aromatic carbocycles. The van der Waals surface area contributed by atoms with Crippen LogP contribution in [0.4, 0.5) is 13.2 Å². The Kier molecular flexibility index (Phi) is 8.39. The lowest BCUT2D eigenvalue weighted by Crippen LogP contribution is -2.60. The highest BCUT2D eigenvalue weighted by Gasteiger charge is 2.53.